The van der Waals surface area contributed by atoms with Gasteiger partial charge in [0.1, 0.15) is 0 Å². The van der Waals surface area contributed by atoms with Crippen molar-refractivity contribution in [2.45, 2.75) is 24.7 Å². The van der Waals surface area contributed by atoms with Crippen LogP contribution in [0.1, 0.15) is 25.3 Å². The lowest BCUT2D eigenvalue weighted by atomic mass is 9.98. The first-order chi connectivity index (χ1) is 16.9. The topological polar surface area (TPSA) is 84.8 Å². The van der Waals surface area contributed by atoms with Crippen LogP contribution in [0.15, 0.2) is 103 Å². The monoisotopic (exact) mass is 480 g/mol. The Labute approximate surface area is 204 Å². The van der Waals surface area contributed by atoms with E-state index >= 15 is 0 Å². The Morgan fingerprint density at radius 2 is 1.51 bits per heavy atom. The molecule has 3 aromatic heterocycles. The van der Waals surface area contributed by atoms with Crippen LogP contribution in [0.4, 0.5) is 5.69 Å². The summed E-state index contributed by atoms with van der Waals surface area (Å²) in [7, 11) is -3.74. The molecule has 0 fully saturated rings. The van der Waals surface area contributed by atoms with Crippen LogP contribution in [0.3, 0.4) is 0 Å². The molecule has 0 saturated carbocycles. The third kappa shape index (κ3) is 4.76. The maximum Gasteiger partial charge on any atom is 0.261 e. The van der Waals surface area contributed by atoms with E-state index in [1.165, 1.54) is 6.20 Å². The number of fused-ring (bicyclic) bond motifs is 1. The number of nitrogens with zero attached hydrogens (tertiary/aromatic N) is 3. The molecule has 5 rings (SSSR count). The van der Waals surface area contributed by atoms with E-state index < -0.39 is 10.0 Å². The fourth-order valence-corrected chi connectivity index (χ4v) is 5.04. The first-order valence-electron chi connectivity index (χ1n) is 11.3. The highest BCUT2D eigenvalue weighted by Gasteiger charge is 2.15. The van der Waals surface area contributed by atoms with Gasteiger partial charge in [-0.15, -0.1) is 0 Å². The smallest absolute Gasteiger partial charge is 0.261 e. The number of anilines is 1. The molecule has 1 N–H and O–H groups in total. The predicted molar refractivity (Wildman–Crippen MR) is 140 cm³/mol. The van der Waals surface area contributed by atoms with Crippen molar-refractivity contribution in [3.63, 3.8) is 0 Å². The molecule has 2 aromatic carbocycles. The van der Waals surface area contributed by atoms with E-state index in [1.54, 1.807) is 43.0 Å². The van der Waals surface area contributed by atoms with E-state index in [4.69, 9.17) is 0 Å². The Morgan fingerprint density at radius 1 is 0.743 bits per heavy atom. The molecular formula is C28H24N4O2S. The lowest BCUT2D eigenvalue weighted by Crippen LogP contribution is -2.13. The molecule has 0 unspecified atom stereocenters. The van der Waals surface area contributed by atoms with Crippen LogP contribution in [0, 0.1) is 0 Å². The Kier molecular flexibility index (Phi) is 6.01. The summed E-state index contributed by atoms with van der Waals surface area (Å²) >= 11 is 0. The molecule has 0 bridgehead atoms. The SMILES string of the molecule is CC(C)c1ccc(S(=O)(=O)Nc2cncc(-c3ccc4nccc(-c5ccncc5)c4c3)c2)cc1. The fourth-order valence-electron chi connectivity index (χ4n) is 4.01. The Morgan fingerprint density at radius 3 is 2.26 bits per heavy atom. The van der Waals surface area contributed by atoms with Gasteiger partial charge in [0, 0.05) is 35.7 Å². The van der Waals surface area contributed by atoms with E-state index in [9.17, 15) is 8.42 Å². The first kappa shape index (κ1) is 22.7. The second-order valence-electron chi connectivity index (χ2n) is 8.62. The van der Waals surface area contributed by atoms with Crippen molar-refractivity contribution in [1.82, 2.24) is 15.0 Å². The minimum absolute atomic E-state index is 0.214. The lowest BCUT2D eigenvalue weighted by molar-refractivity contribution is 0.601. The normalized spacial score (nSPS) is 11.6. The van der Waals surface area contributed by atoms with Crippen molar-refractivity contribution in [2.75, 3.05) is 4.72 Å². The van der Waals surface area contributed by atoms with Gasteiger partial charge >= 0.3 is 0 Å². The number of hydrogen-bond donors (Lipinski definition) is 1. The molecule has 174 valence electrons. The second-order valence-corrected chi connectivity index (χ2v) is 10.3. The Hall–Kier alpha value is -4.10. The van der Waals surface area contributed by atoms with Gasteiger partial charge in [0.15, 0.2) is 0 Å². The summed E-state index contributed by atoms with van der Waals surface area (Å²) in [6, 6.07) is 20.6. The Bertz CT molecular complexity index is 1600. The summed E-state index contributed by atoms with van der Waals surface area (Å²) < 4.78 is 28.6. The van der Waals surface area contributed by atoms with Gasteiger partial charge in [-0.25, -0.2) is 8.42 Å². The van der Waals surface area contributed by atoms with E-state index in [-0.39, 0.29) is 4.90 Å². The maximum atomic E-state index is 13.0. The summed E-state index contributed by atoms with van der Waals surface area (Å²) in [5.74, 6) is 0.330. The molecule has 5 aromatic rings. The highest BCUT2D eigenvalue weighted by Crippen LogP contribution is 2.31. The second kappa shape index (κ2) is 9.27. The lowest BCUT2D eigenvalue weighted by Gasteiger charge is -2.12. The number of benzene rings is 2. The molecule has 0 spiro atoms. The van der Waals surface area contributed by atoms with Gasteiger partial charge < -0.3 is 0 Å². The van der Waals surface area contributed by atoms with Crippen LogP contribution in [-0.4, -0.2) is 23.4 Å². The molecule has 0 atom stereocenters. The average molecular weight is 481 g/mol. The number of rotatable bonds is 6. The third-order valence-corrected chi connectivity index (χ3v) is 7.31. The van der Waals surface area contributed by atoms with Gasteiger partial charge in [-0.1, -0.05) is 32.0 Å². The summed E-state index contributed by atoms with van der Waals surface area (Å²) in [4.78, 5) is 13.1. The minimum atomic E-state index is -3.74. The first-order valence-corrected chi connectivity index (χ1v) is 12.8. The van der Waals surface area contributed by atoms with Crippen molar-refractivity contribution >= 4 is 26.6 Å². The molecule has 0 saturated heterocycles. The number of hydrogen-bond acceptors (Lipinski definition) is 5. The molecule has 0 amide bonds. The highest BCUT2D eigenvalue weighted by molar-refractivity contribution is 7.92. The zero-order chi connectivity index (χ0) is 24.4. The van der Waals surface area contributed by atoms with Crippen LogP contribution in [0.25, 0.3) is 33.2 Å². The van der Waals surface area contributed by atoms with Crippen molar-refractivity contribution in [2.24, 2.45) is 0 Å². The molecular weight excluding hydrogens is 456 g/mol. The molecule has 35 heavy (non-hydrogen) atoms. The van der Waals surface area contributed by atoms with Crippen molar-refractivity contribution < 1.29 is 8.42 Å². The van der Waals surface area contributed by atoms with Gasteiger partial charge in [0.2, 0.25) is 0 Å². The number of nitrogens with one attached hydrogen (secondary N) is 1. The van der Waals surface area contributed by atoms with Crippen molar-refractivity contribution in [1.29, 1.82) is 0 Å². The quantitative estimate of drug-likeness (QED) is 0.309. The Balaban J connectivity index is 1.48. The molecule has 3 heterocycles. The van der Waals surface area contributed by atoms with Crippen molar-refractivity contribution in [3.05, 3.63) is 103 Å². The van der Waals surface area contributed by atoms with E-state index in [1.807, 2.05) is 42.5 Å². The maximum absolute atomic E-state index is 13.0. The third-order valence-electron chi connectivity index (χ3n) is 5.91. The van der Waals surface area contributed by atoms with E-state index in [0.717, 1.165) is 38.7 Å². The fraction of sp³-hybridized carbons (Fsp3) is 0.107. The average Bonchev–Trinajstić information content (AvgIpc) is 2.88. The van der Waals surface area contributed by atoms with Crippen LogP contribution < -0.4 is 4.72 Å². The largest absolute Gasteiger partial charge is 0.278 e. The summed E-state index contributed by atoms with van der Waals surface area (Å²) in [6.45, 7) is 4.14. The van der Waals surface area contributed by atoms with Gasteiger partial charge in [-0.3, -0.25) is 19.7 Å². The van der Waals surface area contributed by atoms with Crippen LogP contribution in [0.5, 0.6) is 0 Å². The zero-order valence-electron chi connectivity index (χ0n) is 19.4. The van der Waals surface area contributed by atoms with Crippen molar-refractivity contribution in [3.8, 4) is 22.3 Å². The zero-order valence-corrected chi connectivity index (χ0v) is 20.2. The van der Waals surface area contributed by atoms with Crippen LogP contribution in [0.2, 0.25) is 0 Å². The van der Waals surface area contributed by atoms with Gasteiger partial charge in [0.05, 0.1) is 22.3 Å². The highest BCUT2D eigenvalue weighted by atomic mass is 32.2. The number of pyridine rings is 3. The molecule has 6 nitrogen and oxygen atoms in total. The van der Waals surface area contributed by atoms with E-state index in [2.05, 4.69) is 39.6 Å². The summed E-state index contributed by atoms with van der Waals surface area (Å²) in [6.07, 6.45) is 8.55. The van der Waals surface area contributed by atoms with E-state index in [0.29, 0.717) is 11.6 Å². The number of aromatic nitrogens is 3. The molecule has 0 radical (unpaired) electrons. The predicted octanol–water partition coefficient (Wildman–Crippen LogP) is 6.28. The summed E-state index contributed by atoms with van der Waals surface area (Å²) in [5, 5.41) is 0.993. The summed E-state index contributed by atoms with van der Waals surface area (Å²) in [5.41, 5.74) is 6.17. The number of sulfonamides is 1. The molecule has 7 heteroatoms. The standard InChI is InChI=1S/C28H24N4O2S/c1-19(2)20-3-6-25(7-4-20)35(33,34)32-24-15-23(17-30-18-24)22-5-8-28-27(16-22)26(11-14-31-28)21-9-12-29-13-10-21/h3-19,32H,1-2H3. The molecule has 0 aliphatic heterocycles. The molecule has 0 aliphatic rings. The minimum Gasteiger partial charge on any atom is -0.278 e. The molecule has 0 aliphatic carbocycles. The van der Waals surface area contributed by atoms with Crippen LogP contribution in [-0.2, 0) is 10.0 Å². The van der Waals surface area contributed by atoms with Gasteiger partial charge in [-0.05, 0) is 76.7 Å². The van der Waals surface area contributed by atoms with Gasteiger partial charge in [0.25, 0.3) is 10.0 Å². The van der Waals surface area contributed by atoms with Crippen LogP contribution >= 0.6 is 0 Å². The van der Waals surface area contributed by atoms with Gasteiger partial charge in [-0.2, -0.15) is 0 Å².